The van der Waals surface area contributed by atoms with Crippen LogP contribution in [0.4, 0.5) is 0 Å². The van der Waals surface area contributed by atoms with Crippen molar-refractivity contribution in [1.29, 1.82) is 0 Å². The van der Waals surface area contributed by atoms with Gasteiger partial charge in [-0.15, -0.1) is 0 Å². The average Bonchev–Trinajstić information content (AvgIpc) is 3.05. The van der Waals surface area contributed by atoms with Gasteiger partial charge in [-0.2, -0.15) is 5.10 Å². The van der Waals surface area contributed by atoms with E-state index in [0.717, 1.165) is 36.6 Å². The Morgan fingerprint density at radius 3 is 2.54 bits per heavy atom. The second-order valence-electron chi connectivity index (χ2n) is 6.79. The lowest BCUT2D eigenvalue weighted by Gasteiger charge is -2.38. The Kier molecular flexibility index (Phi) is 3.72. The number of nitrogens with zero attached hydrogens (tertiary/aromatic N) is 3. The number of rotatable bonds is 3. The van der Waals surface area contributed by atoms with Gasteiger partial charge in [0.05, 0.1) is 24.1 Å². The topological polar surface area (TPSA) is 56.6 Å². The molecule has 0 spiro atoms. The summed E-state index contributed by atoms with van der Waals surface area (Å²) in [5.74, 6) is 0.827. The van der Waals surface area contributed by atoms with Crippen molar-refractivity contribution in [1.82, 2.24) is 14.7 Å². The first kappa shape index (κ1) is 15.4. The van der Waals surface area contributed by atoms with Crippen LogP contribution in [0.5, 0.6) is 5.88 Å². The van der Waals surface area contributed by atoms with E-state index in [1.807, 2.05) is 25.2 Å². The van der Waals surface area contributed by atoms with Crippen molar-refractivity contribution in [2.24, 2.45) is 7.05 Å². The molecule has 1 aromatic heterocycles. The fraction of sp³-hybridized carbons (Fsp3) is 0.556. The Balaban J connectivity index is 1.64. The van der Waals surface area contributed by atoms with Crippen molar-refractivity contribution < 1.29 is 14.3 Å². The van der Waals surface area contributed by atoms with E-state index in [1.165, 1.54) is 0 Å². The van der Waals surface area contributed by atoms with Crippen molar-refractivity contribution in [2.45, 2.75) is 43.9 Å². The lowest BCUT2D eigenvalue weighted by molar-refractivity contribution is 0.00823. The normalized spacial score (nSPS) is 26.1. The molecule has 1 amide bonds. The highest BCUT2D eigenvalue weighted by atomic mass is 16.5. The lowest BCUT2D eigenvalue weighted by atomic mass is 9.98. The molecule has 6 heteroatoms. The van der Waals surface area contributed by atoms with Crippen molar-refractivity contribution in [3.8, 4) is 5.88 Å². The molecular weight excluding hydrogens is 306 g/mol. The van der Waals surface area contributed by atoms with Gasteiger partial charge in [0.15, 0.2) is 0 Å². The van der Waals surface area contributed by atoms with Crippen LogP contribution in [-0.2, 0) is 11.8 Å². The van der Waals surface area contributed by atoms with E-state index in [2.05, 4.69) is 10.00 Å². The summed E-state index contributed by atoms with van der Waals surface area (Å²) >= 11 is 0. The predicted molar refractivity (Wildman–Crippen MR) is 90.3 cm³/mol. The minimum Gasteiger partial charge on any atom is -0.481 e. The fourth-order valence-electron chi connectivity index (χ4n) is 4.35. The maximum atomic E-state index is 13.1. The molecule has 3 heterocycles. The summed E-state index contributed by atoms with van der Waals surface area (Å²) in [7, 11) is 5.24. The molecule has 0 N–H and O–H groups in total. The van der Waals surface area contributed by atoms with E-state index in [4.69, 9.17) is 9.47 Å². The Morgan fingerprint density at radius 1 is 1.21 bits per heavy atom. The molecule has 128 valence electrons. The van der Waals surface area contributed by atoms with Gasteiger partial charge < -0.3 is 14.4 Å². The third-order valence-electron chi connectivity index (χ3n) is 5.48. The van der Waals surface area contributed by atoms with Crippen molar-refractivity contribution >= 4 is 16.8 Å². The van der Waals surface area contributed by atoms with Crippen LogP contribution in [0.1, 0.15) is 36.0 Å². The van der Waals surface area contributed by atoms with E-state index < -0.39 is 0 Å². The second-order valence-corrected chi connectivity index (χ2v) is 6.79. The molecule has 2 unspecified atom stereocenters. The van der Waals surface area contributed by atoms with Crippen LogP contribution in [-0.4, -0.2) is 53.0 Å². The number of piperidine rings is 1. The van der Waals surface area contributed by atoms with Gasteiger partial charge in [0.2, 0.25) is 5.88 Å². The number of ether oxygens (including phenoxy) is 2. The van der Waals surface area contributed by atoms with Gasteiger partial charge in [-0.05, 0) is 43.9 Å². The van der Waals surface area contributed by atoms with Crippen LogP contribution in [0, 0.1) is 0 Å². The highest BCUT2D eigenvalue weighted by Gasteiger charge is 2.43. The Morgan fingerprint density at radius 2 is 1.92 bits per heavy atom. The minimum atomic E-state index is 0.114. The summed E-state index contributed by atoms with van der Waals surface area (Å²) in [6.07, 6.45) is 4.33. The summed E-state index contributed by atoms with van der Waals surface area (Å²) in [4.78, 5) is 15.2. The van der Waals surface area contributed by atoms with E-state index in [0.29, 0.717) is 23.5 Å². The number of methoxy groups -OCH3 is 2. The molecule has 0 aliphatic carbocycles. The SMILES string of the molecule is COc1c2ccc(C(=O)N3C4CCC3CC(OC)C4)cc2nn1C. The molecule has 2 bridgehead atoms. The van der Waals surface area contributed by atoms with Crippen LogP contribution in [0.25, 0.3) is 10.9 Å². The number of aromatic nitrogens is 2. The molecule has 2 fully saturated rings. The molecule has 2 aliphatic heterocycles. The van der Waals surface area contributed by atoms with Gasteiger partial charge in [0.25, 0.3) is 5.91 Å². The number of fused-ring (bicyclic) bond motifs is 3. The number of carbonyl (C=O) groups excluding carboxylic acids is 1. The Hall–Kier alpha value is -2.08. The van der Waals surface area contributed by atoms with E-state index in [9.17, 15) is 4.79 Å². The maximum Gasteiger partial charge on any atom is 0.254 e. The van der Waals surface area contributed by atoms with Crippen LogP contribution < -0.4 is 4.74 Å². The summed E-state index contributed by atoms with van der Waals surface area (Å²) in [6.45, 7) is 0. The van der Waals surface area contributed by atoms with Gasteiger partial charge in [0, 0.05) is 31.8 Å². The first-order valence-electron chi connectivity index (χ1n) is 8.48. The first-order valence-corrected chi connectivity index (χ1v) is 8.48. The van der Waals surface area contributed by atoms with Crippen LogP contribution in [0.3, 0.4) is 0 Å². The van der Waals surface area contributed by atoms with E-state index in [-0.39, 0.29) is 12.0 Å². The fourth-order valence-corrected chi connectivity index (χ4v) is 4.35. The van der Waals surface area contributed by atoms with Crippen LogP contribution >= 0.6 is 0 Å². The lowest BCUT2D eigenvalue weighted by Crippen LogP contribution is -2.48. The van der Waals surface area contributed by atoms with Gasteiger partial charge in [-0.25, -0.2) is 4.68 Å². The third kappa shape index (κ3) is 2.28. The van der Waals surface area contributed by atoms with E-state index in [1.54, 1.807) is 18.9 Å². The zero-order valence-corrected chi connectivity index (χ0v) is 14.4. The zero-order chi connectivity index (χ0) is 16.8. The number of aryl methyl sites for hydroxylation is 1. The molecular formula is C18H23N3O3. The molecule has 4 rings (SSSR count). The molecule has 24 heavy (non-hydrogen) atoms. The Bertz CT molecular complexity index is 771. The van der Waals surface area contributed by atoms with Crippen molar-refractivity contribution in [3.05, 3.63) is 23.8 Å². The monoisotopic (exact) mass is 329 g/mol. The molecule has 1 aromatic carbocycles. The molecule has 6 nitrogen and oxygen atoms in total. The van der Waals surface area contributed by atoms with E-state index >= 15 is 0 Å². The molecule has 2 atom stereocenters. The maximum absolute atomic E-state index is 13.1. The number of hydrogen-bond acceptors (Lipinski definition) is 4. The third-order valence-corrected chi connectivity index (χ3v) is 5.48. The number of amides is 1. The van der Waals surface area contributed by atoms with Crippen LogP contribution in [0.15, 0.2) is 18.2 Å². The first-order chi connectivity index (χ1) is 11.6. The molecule has 0 radical (unpaired) electrons. The van der Waals surface area contributed by atoms with Gasteiger partial charge >= 0.3 is 0 Å². The molecule has 2 aliphatic rings. The summed E-state index contributed by atoms with van der Waals surface area (Å²) in [5.41, 5.74) is 1.50. The standard InChI is InChI=1S/C18H23N3O3/c1-20-18(24-3)15-7-4-11(8-16(15)19-20)17(22)21-12-5-6-13(21)10-14(9-12)23-2/h4,7-8,12-14H,5-6,9-10H2,1-3H3. The quantitative estimate of drug-likeness (QED) is 0.867. The highest BCUT2D eigenvalue weighted by molar-refractivity contribution is 5.99. The van der Waals surface area contributed by atoms with Crippen molar-refractivity contribution in [3.63, 3.8) is 0 Å². The number of benzene rings is 1. The van der Waals surface area contributed by atoms with Gasteiger partial charge in [0.1, 0.15) is 0 Å². The number of hydrogen-bond donors (Lipinski definition) is 0. The molecule has 2 aromatic rings. The van der Waals surface area contributed by atoms with Crippen LogP contribution in [0.2, 0.25) is 0 Å². The predicted octanol–water partition coefficient (Wildman–Crippen LogP) is 2.36. The number of carbonyl (C=O) groups is 1. The second kappa shape index (κ2) is 5.77. The summed E-state index contributed by atoms with van der Waals surface area (Å²) in [5, 5.41) is 5.38. The summed E-state index contributed by atoms with van der Waals surface area (Å²) in [6, 6.07) is 6.29. The molecule has 0 saturated carbocycles. The average molecular weight is 329 g/mol. The minimum absolute atomic E-state index is 0.114. The largest absolute Gasteiger partial charge is 0.481 e. The Labute approximate surface area is 141 Å². The zero-order valence-electron chi connectivity index (χ0n) is 14.4. The van der Waals surface area contributed by atoms with Gasteiger partial charge in [-0.1, -0.05) is 0 Å². The molecule has 2 saturated heterocycles. The highest BCUT2D eigenvalue weighted by Crippen LogP contribution is 2.38. The van der Waals surface area contributed by atoms with Gasteiger partial charge in [-0.3, -0.25) is 4.79 Å². The van der Waals surface area contributed by atoms with Crippen molar-refractivity contribution in [2.75, 3.05) is 14.2 Å². The summed E-state index contributed by atoms with van der Waals surface area (Å²) < 4.78 is 12.6. The smallest absolute Gasteiger partial charge is 0.254 e.